The van der Waals surface area contributed by atoms with E-state index in [0.29, 0.717) is 17.3 Å². The van der Waals surface area contributed by atoms with Crippen molar-refractivity contribution in [3.63, 3.8) is 0 Å². The topological polar surface area (TPSA) is 155 Å². The molecule has 3 atom stereocenters. The van der Waals surface area contributed by atoms with Gasteiger partial charge in [0, 0.05) is 36.9 Å². The maximum Gasteiger partial charge on any atom is 0.346 e. The van der Waals surface area contributed by atoms with Gasteiger partial charge in [0.05, 0.1) is 29.9 Å². The van der Waals surface area contributed by atoms with E-state index in [9.17, 15) is 19.5 Å². The lowest BCUT2D eigenvalue weighted by Gasteiger charge is -2.36. The zero-order valence-electron chi connectivity index (χ0n) is 23.0. The fourth-order valence-corrected chi connectivity index (χ4v) is 5.70. The number of hydrogen-bond acceptors (Lipinski definition) is 11. The second-order valence-electron chi connectivity index (χ2n) is 10.1. The molecule has 220 valence electrons. The minimum Gasteiger partial charge on any atom is -0.392 e. The standard InChI is InChI=1S/C30H27N5O7S/c1-35-30(32-33-34-35)43-16-22-13-25(19-6-4-18(15-36)5-7-19)41-29(40-22)20-8-2-17(3-9-20)14-31-26(37)21-10-11-23-24(12-21)28(39)42-27(23)38/h2-12,22,25,29,36H,13-16H2,1H3,(H,31,37). The van der Waals surface area contributed by atoms with E-state index in [4.69, 9.17) is 9.47 Å². The fourth-order valence-electron chi connectivity index (χ4n) is 4.84. The van der Waals surface area contributed by atoms with Gasteiger partial charge in [0.25, 0.3) is 5.91 Å². The molecule has 3 unspecified atom stereocenters. The summed E-state index contributed by atoms with van der Waals surface area (Å²) in [7, 11) is 1.79. The third-order valence-electron chi connectivity index (χ3n) is 7.21. The summed E-state index contributed by atoms with van der Waals surface area (Å²) in [5.41, 5.74) is 3.98. The number of rotatable bonds is 9. The summed E-state index contributed by atoms with van der Waals surface area (Å²) in [5.74, 6) is -1.23. The van der Waals surface area contributed by atoms with Gasteiger partial charge in [-0.3, -0.25) is 4.79 Å². The van der Waals surface area contributed by atoms with Crippen molar-refractivity contribution in [2.45, 2.75) is 43.2 Å². The van der Waals surface area contributed by atoms with E-state index in [-0.39, 0.29) is 48.0 Å². The van der Waals surface area contributed by atoms with Crippen molar-refractivity contribution in [2.24, 2.45) is 7.05 Å². The Morgan fingerprint density at radius 3 is 2.42 bits per heavy atom. The largest absolute Gasteiger partial charge is 0.392 e. The molecule has 43 heavy (non-hydrogen) atoms. The fraction of sp³-hybridized carbons (Fsp3) is 0.267. The van der Waals surface area contributed by atoms with Crippen LogP contribution in [0.15, 0.2) is 71.9 Å². The van der Waals surface area contributed by atoms with E-state index < -0.39 is 18.2 Å². The maximum atomic E-state index is 12.7. The molecule has 1 amide bonds. The Bertz CT molecular complexity index is 1660. The third-order valence-corrected chi connectivity index (χ3v) is 8.35. The van der Waals surface area contributed by atoms with Crippen LogP contribution in [0.4, 0.5) is 0 Å². The van der Waals surface area contributed by atoms with Crippen LogP contribution in [0.1, 0.15) is 72.1 Å². The lowest BCUT2D eigenvalue weighted by molar-refractivity contribution is -0.245. The Labute approximate surface area is 250 Å². The number of aliphatic hydroxyl groups is 1. The van der Waals surface area contributed by atoms with Crippen molar-refractivity contribution in [3.05, 3.63) is 106 Å². The predicted molar refractivity (Wildman–Crippen MR) is 152 cm³/mol. The second kappa shape index (κ2) is 12.4. The number of ether oxygens (including phenoxy) is 3. The number of thioether (sulfide) groups is 1. The lowest BCUT2D eigenvalue weighted by Crippen LogP contribution is -2.31. The number of carbonyl (C=O) groups excluding carboxylic acids is 3. The number of nitrogens with zero attached hydrogens (tertiary/aromatic N) is 4. The van der Waals surface area contributed by atoms with Gasteiger partial charge in [0.2, 0.25) is 5.16 Å². The number of fused-ring (bicyclic) bond motifs is 1. The number of carbonyl (C=O) groups is 3. The highest BCUT2D eigenvalue weighted by Crippen LogP contribution is 2.39. The van der Waals surface area contributed by atoms with Gasteiger partial charge < -0.3 is 24.6 Å². The number of esters is 2. The SMILES string of the molecule is Cn1nnnc1SCC1CC(c2ccc(CO)cc2)OC(c2ccc(CNC(=O)c3ccc4c(c3)C(=O)OC4=O)cc2)O1. The van der Waals surface area contributed by atoms with Crippen LogP contribution < -0.4 is 5.32 Å². The van der Waals surface area contributed by atoms with E-state index in [0.717, 1.165) is 22.3 Å². The van der Waals surface area contributed by atoms with Gasteiger partial charge in [0.15, 0.2) is 6.29 Å². The number of nitrogens with one attached hydrogen (secondary N) is 1. The predicted octanol–water partition coefficient (Wildman–Crippen LogP) is 3.28. The molecular weight excluding hydrogens is 574 g/mol. The quantitative estimate of drug-likeness (QED) is 0.165. The van der Waals surface area contributed by atoms with E-state index in [1.54, 1.807) is 11.7 Å². The molecule has 3 aromatic carbocycles. The molecule has 12 nitrogen and oxygen atoms in total. The number of aliphatic hydroxyl groups excluding tert-OH is 1. The second-order valence-corrected chi connectivity index (χ2v) is 11.1. The molecule has 2 N–H and O–H groups in total. The van der Waals surface area contributed by atoms with Crippen LogP contribution >= 0.6 is 11.8 Å². The molecule has 2 aliphatic heterocycles. The highest BCUT2D eigenvalue weighted by Gasteiger charge is 2.33. The summed E-state index contributed by atoms with van der Waals surface area (Å²) < 4.78 is 19.0. The maximum absolute atomic E-state index is 12.7. The molecule has 4 aromatic rings. The molecule has 3 heterocycles. The van der Waals surface area contributed by atoms with Crippen LogP contribution in [0, 0.1) is 0 Å². The third kappa shape index (κ3) is 6.34. The number of benzene rings is 3. The van der Waals surface area contributed by atoms with Crippen LogP contribution in [0.2, 0.25) is 0 Å². The zero-order chi connectivity index (χ0) is 29.9. The summed E-state index contributed by atoms with van der Waals surface area (Å²) in [6, 6.07) is 19.5. The first-order chi connectivity index (χ1) is 20.9. The summed E-state index contributed by atoms with van der Waals surface area (Å²) in [6.07, 6.45) is -0.376. The minimum atomic E-state index is -0.756. The molecular formula is C30H27N5O7S. The van der Waals surface area contributed by atoms with Gasteiger partial charge in [-0.05, 0) is 45.3 Å². The molecule has 1 fully saturated rings. The van der Waals surface area contributed by atoms with Crippen molar-refractivity contribution < 1.29 is 33.7 Å². The number of tetrazole rings is 1. The summed E-state index contributed by atoms with van der Waals surface area (Å²) in [6.45, 7) is 0.217. The Morgan fingerprint density at radius 2 is 1.70 bits per heavy atom. The van der Waals surface area contributed by atoms with Crippen LogP contribution in [0.5, 0.6) is 0 Å². The normalized spacial score (nSPS) is 19.6. The average Bonchev–Trinajstić information content (AvgIpc) is 3.59. The van der Waals surface area contributed by atoms with Crippen LogP contribution in [0.3, 0.4) is 0 Å². The number of amides is 1. The smallest absolute Gasteiger partial charge is 0.346 e. The molecule has 0 radical (unpaired) electrons. The molecule has 0 bridgehead atoms. The average molecular weight is 602 g/mol. The van der Waals surface area contributed by atoms with Gasteiger partial charge in [-0.2, -0.15) is 0 Å². The summed E-state index contributed by atoms with van der Waals surface area (Å²) in [4.78, 5) is 36.2. The molecule has 1 saturated heterocycles. The Morgan fingerprint density at radius 1 is 0.977 bits per heavy atom. The highest BCUT2D eigenvalue weighted by atomic mass is 32.2. The Balaban J connectivity index is 1.12. The molecule has 13 heteroatoms. The van der Waals surface area contributed by atoms with Gasteiger partial charge in [-0.1, -0.05) is 60.3 Å². The first kappa shape index (κ1) is 28.7. The summed E-state index contributed by atoms with van der Waals surface area (Å²) in [5, 5.41) is 24.6. The minimum absolute atomic E-state index is 0.0295. The van der Waals surface area contributed by atoms with Crippen molar-refractivity contribution in [1.82, 2.24) is 25.5 Å². The van der Waals surface area contributed by atoms with Crippen molar-refractivity contribution >= 4 is 29.6 Å². The molecule has 0 spiro atoms. The van der Waals surface area contributed by atoms with Crippen LogP contribution in [-0.4, -0.2) is 55.0 Å². The number of aromatic nitrogens is 4. The van der Waals surface area contributed by atoms with Gasteiger partial charge >= 0.3 is 11.9 Å². The Kier molecular flexibility index (Phi) is 8.29. The number of cyclic esters (lactones) is 2. The van der Waals surface area contributed by atoms with Crippen LogP contribution in [0.25, 0.3) is 0 Å². The monoisotopic (exact) mass is 601 g/mol. The van der Waals surface area contributed by atoms with Crippen molar-refractivity contribution in [1.29, 1.82) is 0 Å². The Hall–Kier alpha value is -4.43. The number of aryl methyl sites for hydroxylation is 1. The van der Waals surface area contributed by atoms with E-state index in [1.807, 2.05) is 48.5 Å². The van der Waals surface area contributed by atoms with Gasteiger partial charge in [-0.15, -0.1) is 5.10 Å². The molecule has 0 aliphatic carbocycles. The number of hydrogen-bond donors (Lipinski definition) is 2. The van der Waals surface area contributed by atoms with E-state index in [1.165, 1.54) is 30.0 Å². The molecule has 6 rings (SSSR count). The van der Waals surface area contributed by atoms with Crippen LogP contribution in [-0.2, 0) is 34.4 Å². The molecule has 2 aliphatic rings. The zero-order valence-corrected chi connectivity index (χ0v) is 23.8. The lowest BCUT2D eigenvalue weighted by atomic mass is 10.0. The summed E-state index contributed by atoms with van der Waals surface area (Å²) >= 11 is 1.51. The van der Waals surface area contributed by atoms with E-state index in [2.05, 4.69) is 25.6 Å². The molecule has 0 saturated carbocycles. The first-order valence-corrected chi connectivity index (χ1v) is 14.5. The van der Waals surface area contributed by atoms with Crippen molar-refractivity contribution in [2.75, 3.05) is 5.75 Å². The van der Waals surface area contributed by atoms with Gasteiger partial charge in [0.1, 0.15) is 0 Å². The van der Waals surface area contributed by atoms with Gasteiger partial charge in [-0.25, -0.2) is 14.3 Å². The highest BCUT2D eigenvalue weighted by molar-refractivity contribution is 7.99. The van der Waals surface area contributed by atoms with Crippen molar-refractivity contribution in [3.8, 4) is 0 Å². The molecule has 1 aromatic heterocycles. The van der Waals surface area contributed by atoms with E-state index >= 15 is 0 Å². The first-order valence-electron chi connectivity index (χ1n) is 13.5.